The van der Waals surface area contributed by atoms with Crippen molar-refractivity contribution in [3.63, 3.8) is 0 Å². The van der Waals surface area contributed by atoms with Gasteiger partial charge in [-0.1, -0.05) is 12.1 Å². The summed E-state index contributed by atoms with van der Waals surface area (Å²) in [5, 5.41) is 0. The van der Waals surface area contributed by atoms with Crippen LogP contribution in [0.15, 0.2) is 39.8 Å². The normalized spacial score (nSPS) is 10.6. The average Bonchev–Trinajstić information content (AvgIpc) is 2.81. The van der Waals surface area contributed by atoms with E-state index in [1.807, 2.05) is 25.1 Å². The molecule has 1 heterocycles. The van der Waals surface area contributed by atoms with Crippen LogP contribution in [0.2, 0.25) is 0 Å². The van der Waals surface area contributed by atoms with Crippen LogP contribution in [0.25, 0.3) is 0 Å². The second-order valence-electron chi connectivity index (χ2n) is 3.98. The molecule has 2 rings (SSSR count). The first kappa shape index (κ1) is 13.1. The molecule has 0 saturated carbocycles. The van der Waals surface area contributed by atoms with Crippen molar-refractivity contribution in [2.24, 2.45) is 5.73 Å². The molecule has 0 saturated heterocycles. The minimum Gasteiger partial charge on any atom is -0.496 e. The Kier molecular flexibility index (Phi) is 4.33. The van der Waals surface area contributed by atoms with Gasteiger partial charge in [0.25, 0.3) is 0 Å². The molecule has 4 heteroatoms. The molecule has 0 amide bonds. The number of ether oxygens (including phenoxy) is 1. The molecule has 0 aliphatic rings. The van der Waals surface area contributed by atoms with Gasteiger partial charge in [0.1, 0.15) is 11.5 Å². The van der Waals surface area contributed by atoms with Gasteiger partial charge in [-0.3, -0.25) is 0 Å². The summed E-state index contributed by atoms with van der Waals surface area (Å²) in [6.45, 7) is 2.47. The highest BCUT2D eigenvalue weighted by Crippen LogP contribution is 2.28. The van der Waals surface area contributed by atoms with Gasteiger partial charge in [0.15, 0.2) is 0 Å². The third-order valence-corrected chi connectivity index (χ3v) is 3.99. The van der Waals surface area contributed by atoms with Gasteiger partial charge in [-0.15, -0.1) is 11.8 Å². The predicted molar refractivity (Wildman–Crippen MR) is 73.9 cm³/mol. The van der Waals surface area contributed by atoms with Crippen molar-refractivity contribution in [3.05, 3.63) is 47.4 Å². The summed E-state index contributed by atoms with van der Waals surface area (Å²) in [4.78, 5) is 1.18. The molecule has 0 aliphatic carbocycles. The van der Waals surface area contributed by atoms with Gasteiger partial charge in [-0.25, -0.2) is 0 Å². The van der Waals surface area contributed by atoms with E-state index in [0.29, 0.717) is 6.54 Å². The first-order chi connectivity index (χ1) is 8.74. The lowest BCUT2D eigenvalue weighted by molar-refractivity contribution is 0.409. The molecule has 0 atom stereocenters. The molecular weight excluding hydrogens is 246 g/mol. The maximum Gasteiger partial charge on any atom is 0.123 e. The Morgan fingerprint density at radius 1 is 1.33 bits per heavy atom. The molecule has 0 radical (unpaired) electrons. The van der Waals surface area contributed by atoms with Crippen molar-refractivity contribution < 1.29 is 9.15 Å². The van der Waals surface area contributed by atoms with Gasteiger partial charge < -0.3 is 14.9 Å². The first-order valence-corrected chi connectivity index (χ1v) is 6.76. The van der Waals surface area contributed by atoms with Crippen LogP contribution in [-0.2, 0) is 12.3 Å². The summed E-state index contributed by atoms with van der Waals surface area (Å²) in [6.07, 6.45) is 1.72. The Morgan fingerprint density at radius 2 is 2.17 bits per heavy atom. The Bertz CT molecular complexity index is 522. The molecule has 1 aromatic carbocycles. The minimum absolute atomic E-state index is 0.497. The van der Waals surface area contributed by atoms with E-state index in [0.717, 1.165) is 22.8 Å². The van der Waals surface area contributed by atoms with Crippen LogP contribution >= 0.6 is 11.8 Å². The van der Waals surface area contributed by atoms with Gasteiger partial charge in [-0.05, 0) is 24.6 Å². The van der Waals surface area contributed by atoms with Crippen molar-refractivity contribution in [2.45, 2.75) is 24.1 Å². The smallest absolute Gasteiger partial charge is 0.123 e. The summed E-state index contributed by atoms with van der Waals surface area (Å²) in [7, 11) is 1.67. The van der Waals surface area contributed by atoms with E-state index in [9.17, 15) is 0 Å². The number of aryl methyl sites for hydroxylation is 1. The van der Waals surface area contributed by atoms with Crippen molar-refractivity contribution in [2.75, 3.05) is 7.11 Å². The molecule has 96 valence electrons. The van der Waals surface area contributed by atoms with Crippen LogP contribution < -0.4 is 10.5 Å². The lowest BCUT2D eigenvalue weighted by Gasteiger charge is -2.09. The van der Waals surface area contributed by atoms with Gasteiger partial charge in [0.05, 0.1) is 13.4 Å². The van der Waals surface area contributed by atoms with Crippen molar-refractivity contribution >= 4 is 11.8 Å². The van der Waals surface area contributed by atoms with Crippen molar-refractivity contribution in [1.29, 1.82) is 0 Å². The highest BCUT2D eigenvalue weighted by atomic mass is 32.2. The molecule has 3 nitrogen and oxygen atoms in total. The molecule has 0 unspecified atom stereocenters. The molecule has 2 N–H and O–H groups in total. The molecule has 0 fully saturated rings. The van der Waals surface area contributed by atoms with E-state index in [1.54, 1.807) is 25.1 Å². The second kappa shape index (κ2) is 5.98. The molecule has 1 aromatic heterocycles. The molecule has 2 aromatic rings. The van der Waals surface area contributed by atoms with E-state index in [1.165, 1.54) is 10.5 Å². The fourth-order valence-electron chi connectivity index (χ4n) is 1.73. The standard InChI is InChI=1S/C14H17NO2S/c1-10-14(5-6-17-10)18-9-11-3-4-12(8-15)13(7-11)16-2/h3-7H,8-9,15H2,1-2H3. The number of hydrogen-bond acceptors (Lipinski definition) is 4. The highest BCUT2D eigenvalue weighted by molar-refractivity contribution is 7.98. The van der Waals surface area contributed by atoms with Crippen LogP contribution in [0.3, 0.4) is 0 Å². The number of thioether (sulfide) groups is 1. The van der Waals surface area contributed by atoms with Crippen molar-refractivity contribution in [3.8, 4) is 5.75 Å². The zero-order chi connectivity index (χ0) is 13.0. The maximum atomic E-state index is 5.65. The maximum absolute atomic E-state index is 5.65. The van der Waals surface area contributed by atoms with E-state index in [4.69, 9.17) is 14.9 Å². The zero-order valence-corrected chi connectivity index (χ0v) is 11.4. The fourth-order valence-corrected chi connectivity index (χ4v) is 2.64. The van der Waals surface area contributed by atoms with Crippen LogP contribution in [0.5, 0.6) is 5.75 Å². The molecule has 18 heavy (non-hydrogen) atoms. The molecule has 0 aliphatic heterocycles. The monoisotopic (exact) mass is 263 g/mol. The lowest BCUT2D eigenvalue weighted by Crippen LogP contribution is -2.00. The van der Waals surface area contributed by atoms with Crippen LogP contribution in [0.1, 0.15) is 16.9 Å². The van der Waals surface area contributed by atoms with E-state index >= 15 is 0 Å². The van der Waals surface area contributed by atoms with Gasteiger partial charge in [0, 0.05) is 22.8 Å². The fraction of sp³-hybridized carbons (Fsp3) is 0.286. The number of methoxy groups -OCH3 is 1. The van der Waals surface area contributed by atoms with E-state index < -0.39 is 0 Å². The molecule has 0 bridgehead atoms. The predicted octanol–water partition coefficient (Wildman–Crippen LogP) is 3.35. The van der Waals surface area contributed by atoms with Crippen LogP contribution in [0, 0.1) is 6.92 Å². The van der Waals surface area contributed by atoms with Gasteiger partial charge >= 0.3 is 0 Å². The van der Waals surface area contributed by atoms with Crippen molar-refractivity contribution in [1.82, 2.24) is 0 Å². The zero-order valence-electron chi connectivity index (χ0n) is 10.6. The van der Waals surface area contributed by atoms with Crippen LogP contribution in [-0.4, -0.2) is 7.11 Å². The number of hydrogen-bond donors (Lipinski definition) is 1. The lowest BCUT2D eigenvalue weighted by atomic mass is 10.1. The van der Waals surface area contributed by atoms with Gasteiger partial charge in [-0.2, -0.15) is 0 Å². The SMILES string of the molecule is COc1cc(CSc2ccoc2C)ccc1CN. The number of furan rings is 1. The Labute approximate surface area is 111 Å². The summed E-state index contributed by atoms with van der Waals surface area (Å²) in [5.74, 6) is 2.71. The molecule has 0 spiro atoms. The first-order valence-electron chi connectivity index (χ1n) is 5.77. The highest BCUT2D eigenvalue weighted by Gasteiger charge is 2.05. The average molecular weight is 263 g/mol. The second-order valence-corrected chi connectivity index (χ2v) is 5.00. The summed E-state index contributed by atoms with van der Waals surface area (Å²) in [6, 6.07) is 8.15. The Hall–Kier alpha value is -1.39. The number of rotatable bonds is 5. The summed E-state index contributed by atoms with van der Waals surface area (Å²) >= 11 is 1.76. The topological polar surface area (TPSA) is 48.4 Å². The Morgan fingerprint density at radius 3 is 2.78 bits per heavy atom. The van der Waals surface area contributed by atoms with E-state index in [2.05, 4.69) is 6.07 Å². The number of nitrogens with two attached hydrogens (primary N) is 1. The van der Waals surface area contributed by atoms with Crippen LogP contribution in [0.4, 0.5) is 0 Å². The van der Waals surface area contributed by atoms with E-state index in [-0.39, 0.29) is 0 Å². The summed E-state index contributed by atoms with van der Waals surface area (Å²) < 4.78 is 10.6. The number of benzene rings is 1. The Balaban J connectivity index is 2.08. The third kappa shape index (κ3) is 2.89. The minimum atomic E-state index is 0.497. The quantitative estimate of drug-likeness (QED) is 0.840. The summed E-state index contributed by atoms with van der Waals surface area (Å²) in [5.41, 5.74) is 7.90. The molecular formula is C14H17NO2S. The van der Waals surface area contributed by atoms with Gasteiger partial charge in [0.2, 0.25) is 0 Å². The third-order valence-electron chi connectivity index (χ3n) is 2.78. The largest absolute Gasteiger partial charge is 0.496 e.